The minimum atomic E-state index is -0.458. The van der Waals surface area contributed by atoms with Gasteiger partial charge >= 0.3 is 5.97 Å². The molecule has 0 bridgehead atoms. The van der Waals surface area contributed by atoms with Gasteiger partial charge in [-0.1, -0.05) is 35.3 Å². The van der Waals surface area contributed by atoms with E-state index in [9.17, 15) is 9.59 Å². The van der Waals surface area contributed by atoms with Gasteiger partial charge in [0.25, 0.3) is 5.91 Å². The van der Waals surface area contributed by atoms with Crippen molar-refractivity contribution in [3.05, 3.63) is 74.9 Å². The number of nitrogens with zero attached hydrogens (tertiary/aromatic N) is 1. The number of thiocarbonyl (C=S) groups is 1. The second-order valence-electron chi connectivity index (χ2n) is 7.08. The van der Waals surface area contributed by atoms with E-state index >= 15 is 0 Å². The molecule has 2 aromatic rings. The Morgan fingerprint density at radius 3 is 2.31 bits per heavy atom. The predicted octanol–water partition coefficient (Wildman–Crippen LogP) is 5.33. The summed E-state index contributed by atoms with van der Waals surface area (Å²) in [5, 5.41) is 7.35. The molecule has 0 aromatic heterocycles. The molecule has 168 valence electrons. The summed E-state index contributed by atoms with van der Waals surface area (Å²) in [6.07, 6.45) is 0. The normalized spacial score (nSPS) is 16.0. The van der Waals surface area contributed by atoms with Crippen LogP contribution in [0.15, 0.2) is 53.7 Å². The third-order valence-electron chi connectivity index (χ3n) is 5.03. The van der Waals surface area contributed by atoms with E-state index in [2.05, 4.69) is 10.6 Å². The zero-order valence-corrected chi connectivity index (χ0v) is 20.2. The van der Waals surface area contributed by atoms with Crippen LogP contribution in [0.2, 0.25) is 10.0 Å². The number of nitrogens with one attached hydrogen (secondary N) is 2. The van der Waals surface area contributed by atoms with Crippen LogP contribution in [0, 0.1) is 0 Å². The van der Waals surface area contributed by atoms with Crippen LogP contribution in [0.3, 0.4) is 0 Å². The fraction of sp³-hybridized carbons (Fsp3) is 0.261. The van der Waals surface area contributed by atoms with E-state index < -0.39 is 12.0 Å². The van der Waals surface area contributed by atoms with Crippen molar-refractivity contribution in [2.75, 3.05) is 18.5 Å². The summed E-state index contributed by atoms with van der Waals surface area (Å²) in [5.74, 6) is -0.723. The molecule has 0 saturated heterocycles. The number of amides is 1. The first kappa shape index (κ1) is 24.0. The lowest BCUT2D eigenvalue weighted by atomic mass is 9.95. The Hall–Kier alpha value is -2.61. The molecule has 0 radical (unpaired) electrons. The molecule has 1 aliphatic heterocycles. The van der Waals surface area contributed by atoms with Crippen LogP contribution in [-0.4, -0.2) is 35.0 Å². The number of hydrogen-bond acceptors (Lipinski definition) is 4. The van der Waals surface area contributed by atoms with E-state index in [0.29, 0.717) is 38.5 Å². The van der Waals surface area contributed by atoms with Crippen molar-refractivity contribution < 1.29 is 14.3 Å². The van der Waals surface area contributed by atoms with Crippen molar-refractivity contribution in [3.8, 4) is 0 Å². The van der Waals surface area contributed by atoms with E-state index in [1.54, 1.807) is 37.3 Å². The van der Waals surface area contributed by atoms with Crippen LogP contribution in [0.4, 0.5) is 5.69 Å². The Balaban J connectivity index is 1.86. The Morgan fingerprint density at radius 1 is 1.12 bits per heavy atom. The first-order valence-electron chi connectivity index (χ1n) is 10.1. The Bertz CT molecular complexity index is 1070. The molecule has 0 fully saturated rings. The van der Waals surface area contributed by atoms with Crippen LogP contribution in [0.25, 0.3) is 0 Å². The van der Waals surface area contributed by atoms with Gasteiger partial charge in [-0.2, -0.15) is 0 Å². The molecule has 0 spiro atoms. The molecule has 1 atom stereocenters. The molecule has 2 aromatic carbocycles. The summed E-state index contributed by atoms with van der Waals surface area (Å²) >= 11 is 17.5. The standard InChI is InChI=1S/C23H23Cl2N3O3S/c1-4-28-13(3)19(22(30)31-5-2)20(27-23(28)32)14-6-8-18(9-7-14)26-21(29)15-10-16(24)12-17(25)11-15/h6-12,20H,4-5H2,1-3H3,(H,26,29)(H,27,32)/t20-/m0/s1. The van der Waals surface area contributed by atoms with Crippen LogP contribution in [0.5, 0.6) is 0 Å². The van der Waals surface area contributed by atoms with Gasteiger partial charge in [0.2, 0.25) is 0 Å². The largest absolute Gasteiger partial charge is 0.463 e. The van der Waals surface area contributed by atoms with E-state index in [1.807, 2.05) is 30.9 Å². The van der Waals surface area contributed by atoms with Gasteiger partial charge in [0, 0.05) is 33.5 Å². The molecule has 0 aliphatic carbocycles. The minimum Gasteiger partial charge on any atom is -0.463 e. The second-order valence-corrected chi connectivity index (χ2v) is 8.34. The monoisotopic (exact) mass is 491 g/mol. The third-order valence-corrected chi connectivity index (χ3v) is 5.81. The highest BCUT2D eigenvalue weighted by Crippen LogP contribution is 2.32. The maximum absolute atomic E-state index is 12.7. The van der Waals surface area contributed by atoms with Crippen LogP contribution < -0.4 is 10.6 Å². The first-order valence-corrected chi connectivity index (χ1v) is 11.2. The number of hydrogen-bond donors (Lipinski definition) is 2. The van der Waals surface area contributed by atoms with E-state index in [1.165, 1.54) is 0 Å². The number of carbonyl (C=O) groups excluding carboxylic acids is 2. The van der Waals surface area contributed by atoms with Crippen molar-refractivity contribution in [3.63, 3.8) is 0 Å². The average molecular weight is 492 g/mol. The average Bonchev–Trinajstić information content (AvgIpc) is 2.73. The van der Waals surface area contributed by atoms with E-state index in [4.69, 9.17) is 40.2 Å². The highest BCUT2D eigenvalue weighted by Gasteiger charge is 2.34. The van der Waals surface area contributed by atoms with Gasteiger partial charge in [0.05, 0.1) is 18.2 Å². The second kappa shape index (κ2) is 10.3. The molecule has 1 amide bonds. The smallest absolute Gasteiger partial charge is 0.338 e. The van der Waals surface area contributed by atoms with Gasteiger partial charge in [-0.05, 0) is 68.9 Å². The van der Waals surface area contributed by atoms with Gasteiger partial charge < -0.3 is 20.3 Å². The zero-order chi connectivity index (χ0) is 23.4. The summed E-state index contributed by atoms with van der Waals surface area (Å²) in [4.78, 5) is 27.1. The maximum Gasteiger partial charge on any atom is 0.338 e. The molecule has 1 heterocycles. The fourth-order valence-corrected chi connectivity index (χ4v) is 4.44. The fourth-order valence-electron chi connectivity index (χ4n) is 3.53. The molecule has 1 aliphatic rings. The van der Waals surface area contributed by atoms with Crippen LogP contribution >= 0.6 is 35.4 Å². The molecule has 3 rings (SSSR count). The number of anilines is 1. The van der Waals surface area contributed by atoms with Gasteiger partial charge in [-0.15, -0.1) is 0 Å². The number of esters is 1. The highest BCUT2D eigenvalue weighted by atomic mass is 35.5. The number of allylic oxidation sites excluding steroid dienone is 1. The Morgan fingerprint density at radius 2 is 1.75 bits per heavy atom. The summed E-state index contributed by atoms with van der Waals surface area (Å²) in [6, 6.07) is 11.4. The van der Waals surface area contributed by atoms with Crippen LogP contribution in [0.1, 0.15) is 42.7 Å². The van der Waals surface area contributed by atoms with Gasteiger partial charge in [0.15, 0.2) is 5.11 Å². The highest BCUT2D eigenvalue weighted by molar-refractivity contribution is 7.80. The van der Waals surface area contributed by atoms with Gasteiger partial charge in [-0.25, -0.2) is 4.79 Å². The van der Waals surface area contributed by atoms with Crippen molar-refractivity contribution >= 4 is 58.1 Å². The van der Waals surface area contributed by atoms with Crippen LogP contribution in [-0.2, 0) is 9.53 Å². The summed E-state index contributed by atoms with van der Waals surface area (Å²) < 4.78 is 5.29. The SMILES string of the molecule is CCOC(=O)C1=C(C)N(CC)C(=S)N[C@H]1c1ccc(NC(=O)c2cc(Cl)cc(Cl)c2)cc1. The number of ether oxygens (including phenoxy) is 1. The zero-order valence-electron chi connectivity index (χ0n) is 17.9. The lowest BCUT2D eigenvalue weighted by Gasteiger charge is -2.37. The molecule has 2 N–H and O–H groups in total. The Kier molecular flexibility index (Phi) is 7.77. The molecule has 9 heteroatoms. The molecule has 0 unspecified atom stereocenters. The quantitative estimate of drug-likeness (QED) is 0.420. The van der Waals surface area contributed by atoms with Gasteiger partial charge in [-0.3, -0.25) is 4.79 Å². The number of rotatable bonds is 6. The molecule has 0 saturated carbocycles. The molecular formula is C23H23Cl2N3O3S. The topological polar surface area (TPSA) is 70.7 Å². The lowest BCUT2D eigenvalue weighted by Crippen LogP contribution is -2.47. The van der Waals surface area contributed by atoms with Gasteiger partial charge in [0.1, 0.15) is 0 Å². The summed E-state index contributed by atoms with van der Waals surface area (Å²) in [7, 11) is 0. The van der Waals surface area contributed by atoms with Crippen molar-refractivity contribution in [2.45, 2.75) is 26.8 Å². The number of halogens is 2. The molecular weight excluding hydrogens is 469 g/mol. The van der Waals surface area contributed by atoms with E-state index in [-0.39, 0.29) is 12.5 Å². The van der Waals surface area contributed by atoms with Crippen molar-refractivity contribution in [1.29, 1.82) is 0 Å². The van der Waals surface area contributed by atoms with E-state index in [0.717, 1.165) is 11.3 Å². The predicted molar refractivity (Wildman–Crippen MR) is 131 cm³/mol. The third kappa shape index (κ3) is 5.23. The maximum atomic E-state index is 12.7. The first-order chi connectivity index (χ1) is 15.2. The number of carbonyl (C=O) groups is 2. The lowest BCUT2D eigenvalue weighted by molar-refractivity contribution is -0.139. The molecule has 6 nitrogen and oxygen atoms in total. The number of benzene rings is 2. The summed E-state index contributed by atoms with van der Waals surface area (Å²) in [5.41, 5.74) is 3.02. The summed E-state index contributed by atoms with van der Waals surface area (Å²) in [6.45, 7) is 6.50. The molecule has 32 heavy (non-hydrogen) atoms. The Labute approximate surface area is 202 Å². The van der Waals surface area contributed by atoms with Crippen molar-refractivity contribution in [1.82, 2.24) is 10.2 Å². The minimum absolute atomic E-state index is 0.275. The van der Waals surface area contributed by atoms with Crippen molar-refractivity contribution in [2.24, 2.45) is 0 Å².